The highest BCUT2D eigenvalue weighted by molar-refractivity contribution is 5.80. The third-order valence-electron chi connectivity index (χ3n) is 6.55. The molecule has 1 aromatic rings. The Balaban J connectivity index is 1.44. The molecule has 4 nitrogen and oxygen atoms in total. The first kappa shape index (κ1) is 16.6. The van der Waals surface area contributed by atoms with Gasteiger partial charge in [0, 0.05) is 32.1 Å². The lowest BCUT2D eigenvalue weighted by atomic mass is 9.76. The number of carbonyl (C=O) groups is 1. The average Bonchev–Trinajstić information content (AvgIpc) is 3.37. The summed E-state index contributed by atoms with van der Waals surface area (Å²) in [7, 11) is 0. The number of benzene rings is 1. The minimum atomic E-state index is 0.201. The molecule has 1 spiro atoms. The van der Waals surface area contributed by atoms with E-state index in [1.54, 1.807) is 0 Å². The van der Waals surface area contributed by atoms with Gasteiger partial charge >= 0.3 is 0 Å². The Hall–Kier alpha value is -1.86. The SMILES string of the molecule is N#Cc1cccc(CN2CCC3(CCCC3C(=O)N3CCCC3)C2)c1. The van der Waals surface area contributed by atoms with Gasteiger partial charge in [-0.2, -0.15) is 5.26 Å². The highest BCUT2D eigenvalue weighted by atomic mass is 16.2. The molecule has 0 radical (unpaired) electrons. The van der Waals surface area contributed by atoms with Crippen LogP contribution in [0.4, 0.5) is 0 Å². The van der Waals surface area contributed by atoms with Crippen molar-refractivity contribution in [2.45, 2.75) is 45.1 Å². The van der Waals surface area contributed by atoms with Crippen LogP contribution < -0.4 is 0 Å². The van der Waals surface area contributed by atoms with E-state index in [1.165, 1.54) is 31.2 Å². The van der Waals surface area contributed by atoms with Gasteiger partial charge in [0.05, 0.1) is 11.6 Å². The molecule has 4 rings (SSSR count). The topological polar surface area (TPSA) is 47.3 Å². The fraction of sp³-hybridized carbons (Fsp3) is 0.619. The van der Waals surface area contributed by atoms with Gasteiger partial charge in [-0.25, -0.2) is 0 Å². The van der Waals surface area contributed by atoms with Crippen LogP contribution in [0, 0.1) is 22.7 Å². The van der Waals surface area contributed by atoms with Crippen molar-refractivity contribution in [3.63, 3.8) is 0 Å². The lowest BCUT2D eigenvalue weighted by Gasteiger charge is -2.33. The van der Waals surface area contributed by atoms with Crippen molar-refractivity contribution in [3.05, 3.63) is 35.4 Å². The van der Waals surface area contributed by atoms with Gasteiger partial charge in [-0.3, -0.25) is 9.69 Å². The van der Waals surface area contributed by atoms with Crippen LogP contribution in [0.3, 0.4) is 0 Å². The number of hydrogen-bond donors (Lipinski definition) is 0. The lowest BCUT2D eigenvalue weighted by molar-refractivity contribution is -0.137. The van der Waals surface area contributed by atoms with Gasteiger partial charge in [-0.05, 0) is 61.8 Å². The van der Waals surface area contributed by atoms with E-state index in [1.807, 2.05) is 18.2 Å². The largest absolute Gasteiger partial charge is 0.342 e. The van der Waals surface area contributed by atoms with Crippen molar-refractivity contribution >= 4 is 5.91 Å². The highest BCUT2D eigenvalue weighted by Crippen LogP contribution is 2.50. The van der Waals surface area contributed by atoms with E-state index in [0.29, 0.717) is 5.91 Å². The summed E-state index contributed by atoms with van der Waals surface area (Å²) in [5.41, 5.74) is 2.14. The quantitative estimate of drug-likeness (QED) is 0.851. The Bertz CT molecular complexity index is 689. The fourth-order valence-corrected chi connectivity index (χ4v) is 5.29. The molecule has 132 valence electrons. The van der Waals surface area contributed by atoms with Crippen molar-refractivity contribution in [1.82, 2.24) is 9.80 Å². The number of nitrogens with zero attached hydrogens (tertiary/aromatic N) is 3. The summed E-state index contributed by atoms with van der Waals surface area (Å²) in [5, 5.41) is 9.08. The molecule has 1 aliphatic carbocycles. The standard InChI is InChI=1S/C21H27N3O/c22-14-17-5-3-6-18(13-17)15-23-12-9-21(16-23)8-4-7-19(21)20(25)24-10-1-2-11-24/h3,5-6,13,19H,1-2,4,7-12,15-16H2. The van der Waals surface area contributed by atoms with Gasteiger partial charge in [0.15, 0.2) is 0 Å². The zero-order valence-electron chi connectivity index (χ0n) is 14.9. The molecule has 2 atom stereocenters. The van der Waals surface area contributed by atoms with Crippen molar-refractivity contribution < 1.29 is 4.79 Å². The zero-order chi connectivity index (χ0) is 17.3. The fourth-order valence-electron chi connectivity index (χ4n) is 5.29. The van der Waals surface area contributed by atoms with Crippen LogP contribution >= 0.6 is 0 Å². The Morgan fingerprint density at radius 1 is 1.20 bits per heavy atom. The lowest BCUT2D eigenvalue weighted by Crippen LogP contribution is -2.42. The van der Waals surface area contributed by atoms with E-state index >= 15 is 0 Å². The van der Waals surface area contributed by atoms with Crippen molar-refractivity contribution in [1.29, 1.82) is 5.26 Å². The van der Waals surface area contributed by atoms with Gasteiger partial charge in [0.2, 0.25) is 5.91 Å². The number of amides is 1. The van der Waals surface area contributed by atoms with E-state index in [-0.39, 0.29) is 11.3 Å². The van der Waals surface area contributed by atoms with Crippen LogP contribution in [0.15, 0.2) is 24.3 Å². The van der Waals surface area contributed by atoms with E-state index < -0.39 is 0 Å². The smallest absolute Gasteiger partial charge is 0.226 e. The summed E-state index contributed by atoms with van der Waals surface area (Å²) in [5.74, 6) is 0.671. The van der Waals surface area contributed by atoms with Gasteiger partial charge in [-0.15, -0.1) is 0 Å². The summed E-state index contributed by atoms with van der Waals surface area (Å²) in [6.45, 7) is 4.93. The molecule has 2 aliphatic heterocycles. The van der Waals surface area contributed by atoms with Crippen LogP contribution in [-0.2, 0) is 11.3 Å². The van der Waals surface area contributed by atoms with E-state index in [2.05, 4.69) is 21.9 Å². The molecular weight excluding hydrogens is 310 g/mol. The zero-order valence-corrected chi connectivity index (χ0v) is 14.9. The molecule has 1 amide bonds. The summed E-state index contributed by atoms with van der Waals surface area (Å²) in [6, 6.07) is 10.1. The summed E-state index contributed by atoms with van der Waals surface area (Å²) < 4.78 is 0. The second-order valence-corrected chi connectivity index (χ2v) is 8.11. The number of rotatable bonds is 3. The predicted octanol–water partition coefficient (Wildman–Crippen LogP) is 3.17. The number of likely N-dealkylation sites (tertiary alicyclic amines) is 2. The number of carbonyl (C=O) groups excluding carboxylic acids is 1. The molecule has 1 saturated carbocycles. The summed E-state index contributed by atoms with van der Waals surface area (Å²) in [4.78, 5) is 17.6. The Kier molecular flexibility index (Phi) is 4.52. The van der Waals surface area contributed by atoms with Crippen LogP contribution in [0.5, 0.6) is 0 Å². The molecule has 2 saturated heterocycles. The number of hydrogen-bond acceptors (Lipinski definition) is 3. The van der Waals surface area contributed by atoms with Gasteiger partial charge in [0.1, 0.15) is 0 Å². The third kappa shape index (κ3) is 3.18. The maximum absolute atomic E-state index is 13.0. The van der Waals surface area contributed by atoms with Gasteiger partial charge < -0.3 is 4.90 Å². The van der Waals surface area contributed by atoms with Crippen LogP contribution in [0.25, 0.3) is 0 Å². The second-order valence-electron chi connectivity index (χ2n) is 8.11. The molecule has 0 N–H and O–H groups in total. The maximum Gasteiger partial charge on any atom is 0.226 e. The Morgan fingerprint density at radius 3 is 2.84 bits per heavy atom. The first-order valence-electron chi connectivity index (χ1n) is 9.70. The normalized spacial score (nSPS) is 29.4. The maximum atomic E-state index is 13.0. The van der Waals surface area contributed by atoms with Gasteiger partial charge in [-0.1, -0.05) is 18.6 Å². The first-order chi connectivity index (χ1) is 12.2. The molecule has 2 unspecified atom stereocenters. The molecule has 0 bridgehead atoms. The molecule has 2 heterocycles. The summed E-state index contributed by atoms with van der Waals surface area (Å²) >= 11 is 0. The monoisotopic (exact) mass is 337 g/mol. The van der Waals surface area contributed by atoms with Crippen LogP contribution in [0.1, 0.15) is 49.7 Å². The van der Waals surface area contributed by atoms with E-state index in [0.717, 1.165) is 51.1 Å². The molecule has 4 heteroatoms. The second kappa shape index (κ2) is 6.80. The molecule has 0 aromatic heterocycles. The van der Waals surface area contributed by atoms with Crippen LogP contribution in [0.2, 0.25) is 0 Å². The van der Waals surface area contributed by atoms with Crippen molar-refractivity contribution in [2.24, 2.45) is 11.3 Å². The minimum Gasteiger partial charge on any atom is -0.342 e. The first-order valence-corrected chi connectivity index (χ1v) is 9.70. The average molecular weight is 337 g/mol. The minimum absolute atomic E-state index is 0.201. The highest BCUT2D eigenvalue weighted by Gasteiger charge is 2.51. The molecule has 3 aliphatic rings. The van der Waals surface area contributed by atoms with E-state index in [4.69, 9.17) is 5.26 Å². The molecule has 25 heavy (non-hydrogen) atoms. The summed E-state index contributed by atoms with van der Waals surface area (Å²) in [6.07, 6.45) is 6.97. The molecule has 3 fully saturated rings. The third-order valence-corrected chi connectivity index (χ3v) is 6.55. The number of nitriles is 1. The van der Waals surface area contributed by atoms with Crippen molar-refractivity contribution in [2.75, 3.05) is 26.2 Å². The van der Waals surface area contributed by atoms with Gasteiger partial charge in [0.25, 0.3) is 0 Å². The Morgan fingerprint density at radius 2 is 2.04 bits per heavy atom. The van der Waals surface area contributed by atoms with E-state index in [9.17, 15) is 4.79 Å². The molecular formula is C21H27N3O. The van der Waals surface area contributed by atoms with Crippen LogP contribution in [-0.4, -0.2) is 41.9 Å². The van der Waals surface area contributed by atoms with Crippen molar-refractivity contribution in [3.8, 4) is 6.07 Å². The Labute approximate surface area is 150 Å². The molecule has 1 aromatic carbocycles. The predicted molar refractivity (Wildman–Crippen MR) is 96.6 cm³/mol.